The van der Waals surface area contributed by atoms with Crippen LogP contribution in [0, 0.1) is 6.92 Å². The maximum atomic E-state index is 11.9. The SMILES string of the molecule is Cc1cccc2c1N(Cc1ccc(C(=O)N(C)C)[nH]1)CC2. The van der Waals surface area contributed by atoms with Crippen LogP contribution in [0.3, 0.4) is 0 Å². The summed E-state index contributed by atoms with van der Waals surface area (Å²) in [5, 5.41) is 0. The van der Waals surface area contributed by atoms with E-state index in [0.717, 1.165) is 25.2 Å². The van der Waals surface area contributed by atoms with Gasteiger partial charge in [-0.1, -0.05) is 18.2 Å². The first-order valence-electron chi connectivity index (χ1n) is 7.29. The molecule has 4 heteroatoms. The second-order valence-electron chi connectivity index (χ2n) is 5.85. The molecule has 0 aliphatic carbocycles. The Morgan fingerprint density at radius 1 is 1.29 bits per heavy atom. The number of hydrogen-bond donors (Lipinski definition) is 1. The number of fused-ring (bicyclic) bond motifs is 1. The Labute approximate surface area is 125 Å². The Kier molecular flexibility index (Phi) is 3.45. The minimum Gasteiger partial charge on any atom is -0.365 e. The molecule has 1 aliphatic heterocycles. The fraction of sp³-hybridized carbons (Fsp3) is 0.353. The molecule has 0 saturated heterocycles. The van der Waals surface area contributed by atoms with Gasteiger partial charge in [-0.15, -0.1) is 0 Å². The quantitative estimate of drug-likeness (QED) is 0.940. The van der Waals surface area contributed by atoms with Gasteiger partial charge in [0, 0.05) is 32.0 Å². The van der Waals surface area contributed by atoms with Gasteiger partial charge in [0.05, 0.1) is 6.54 Å². The summed E-state index contributed by atoms with van der Waals surface area (Å²) in [6.07, 6.45) is 1.10. The fourth-order valence-corrected chi connectivity index (χ4v) is 3.00. The first kappa shape index (κ1) is 13.7. The highest BCUT2D eigenvalue weighted by atomic mass is 16.2. The maximum absolute atomic E-state index is 11.9. The molecule has 2 heterocycles. The van der Waals surface area contributed by atoms with Crippen molar-refractivity contribution in [3.05, 3.63) is 52.8 Å². The standard InChI is InChI=1S/C17H21N3O/c1-12-5-4-6-13-9-10-20(16(12)13)11-14-7-8-15(18-14)17(21)19(2)3/h4-8,18H,9-11H2,1-3H3. The number of carbonyl (C=O) groups is 1. The lowest BCUT2D eigenvalue weighted by atomic mass is 10.1. The molecule has 0 radical (unpaired) electrons. The number of rotatable bonds is 3. The van der Waals surface area contributed by atoms with Crippen LogP contribution in [-0.2, 0) is 13.0 Å². The number of para-hydroxylation sites is 1. The van der Waals surface area contributed by atoms with Crippen molar-refractivity contribution in [1.82, 2.24) is 9.88 Å². The van der Waals surface area contributed by atoms with Crippen LogP contribution in [-0.4, -0.2) is 36.4 Å². The fourth-order valence-electron chi connectivity index (χ4n) is 3.00. The summed E-state index contributed by atoms with van der Waals surface area (Å²) in [5.41, 5.74) is 5.83. The molecular formula is C17H21N3O. The number of nitrogens with zero attached hydrogens (tertiary/aromatic N) is 2. The molecule has 1 amide bonds. The first-order valence-corrected chi connectivity index (χ1v) is 7.29. The normalized spacial score (nSPS) is 13.4. The van der Waals surface area contributed by atoms with E-state index in [1.165, 1.54) is 16.8 Å². The predicted molar refractivity (Wildman–Crippen MR) is 84.7 cm³/mol. The molecular weight excluding hydrogens is 262 g/mol. The molecule has 0 saturated carbocycles. The molecule has 0 unspecified atom stereocenters. The Bertz CT molecular complexity index is 672. The minimum atomic E-state index is 0.0132. The molecule has 0 bridgehead atoms. The van der Waals surface area contributed by atoms with E-state index in [1.807, 2.05) is 12.1 Å². The molecule has 1 aromatic heterocycles. The van der Waals surface area contributed by atoms with Crippen LogP contribution in [0.4, 0.5) is 5.69 Å². The molecule has 0 fully saturated rings. The van der Waals surface area contributed by atoms with Crippen LogP contribution in [0.5, 0.6) is 0 Å². The number of H-pyrrole nitrogens is 1. The van der Waals surface area contributed by atoms with Crippen LogP contribution in [0.2, 0.25) is 0 Å². The molecule has 0 spiro atoms. The van der Waals surface area contributed by atoms with E-state index in [4.69, 9.17) is 0 Å². The Balaban J connectivity index is 1.79. The summed E-state index contributed by atoms with van der Waals surface area (Å²) in [5.74, 6) is 0.0132. The van der Waals surface area contributed by atoms with Gasteiger partial charge < -0.3 is 14.8 Å². The lowest BCUT2D eigenvalue weighted by molar-refractivity contribution is 0.0822. The van der Waals surface area contributed by atoms with E-state index >= 15 is 0 Å². The van der Waals surface area contributed by atoms with Gasteiger partial charge in [-0.05, 0) is 36.6 Å². The Morgan fingerprint density at radius 3 is 2.86 bits per heavy atom. The topological polar surface area (TPSA) is 39.3 Å². The third kappa shape index (κ3) is 2.53. The number of amides is 1. The third-order valence-electron chi connectivity index (χ3n) is 4.03. The molecule has 1 N–H and O–H groups in total. The van der Waals surface area contributed by atoms with Crippen LogP contribution in [0.25, 0.3) is 0 Å². The summed E-state index contributed by atoms with van der Waals surface area (Å²) in [7, 11) is 3.53. The molecule has 1 aliphatic rings. The van der Waals surface area contributed by atoms with Crippen molar-refractivity contribution < 1.29 is 4.79 Å². The van der Waals surface area contributed by atoms with Crippen LogP contribution in [0.1, 0.15) is 27.3 Å². The summed E-state index contributed by atoms with van der Waals surface area (Å²) in [4.78, 5) is 19.1. The van der Waals surface area contributed by atoms with Gasteiger partial charge >= 0.3 is 0 Å². The van der Waals surface area contributed by atoms with Gasteiger partial charge in [-0.3, -0.25) is 4.79 Å². The van der Waals surface area contributed by atoms with Crippen molar-refractivity contribution >= 4 is 11.6 Å². The van der Waals surface area contributed by atoms with Crippen molar-refractivity contribution in [2.24, 2.45) is 0 Å². The van der Waals surface area contributed by atoms with Crippen molar-refractivity contribution in [3.8, 4) is 0 Å². The smallest absolute Gasteiger partial charge is 0.269 e. The molecule has 3 rings (SSSR count). The van der Waals surface area contributed by atoms with E-state index in [0.29, 0.717) is 5.69 Å². The van der Waals surface area contributed by atoms with Gasteiger partial charge in [0.2, 0.25) is 0 Å². The van der Waals surface area contributed by atoms with Gasteiger partial charge in [-0.25, -0.2) is 0 Å². The number of benzene rings is 1. The van der Waals surface area contributed by atoms with Crippen LogP contribution in [0.15, 0.2) is 30.3 Å². The number of aromatic amines is 1. The monoisotopic (exact) mass is 283 g/mol. The van der Waals surface area contributed by atoms with Crippen molar-refractivity contribution in [2.75, 3.05) is 25.5 Å². The molecule has 21 heavy (non-hydrogen) atoms. The average molecular weight is 283 g/mol. The van der Waals surface area contributed by atoms with Gasteiger partial charge in [0.25, 0.3) is 5.91 Å². The summed E-state index contributed by atoms with van der Waals surface area (Å²) in [6, 6.07) is 10.4. The Hall–Kier alpha value is -2.23. The van der Waals surface area contributed by atoms with Gasteiger partial charge in [-0.2, -0.15) is 0 Å². The number of anilines is 1. The van der Waals surface area contributed by atoms with E-state index in [9.17, 15) is 4.79 Å². The largest absolute Gasteiger partial charge is 0.365 e. The summed E-state index contributed by atoms with van der Waals surface area (Å²) < 4.78 is 0. The zero-order valence-electron chi connectivity index (χ0n) is 12.8. The lowest BCUT2D eigenvalue weighted by Crippen LogP contribution is -2.23. The minimum absolute atomic E-state index is 0.0132. The molecule has 2 aromatic rings. The van der Waals surface area contributed by atoms with E-state index in [2.05, 4.69) is 35.0 Å². The summed E-state index contributed by atoms with van der Waals surface area (Å²) >= 11 is 0. The number of nitrogens with one attached hydrogen (secondary N) is 1. The third-order valence-corrected chi connectivity index (χ3v) is 4.03. The highest BCUT2D eigenvalue weighted by Crippen LogP contribution is 2.32. The van der Waals surface area contributed by atoms with E-state index in [-0.39, 0.29) is 5.91 Å². The maximum Gasteiger partial charge on any atom is 0.269 e. The highest BCUT2D eigenvalue weighted by molar-refractivity contribution is 5.92. The zero-order chi connectivity index (χ0) is 15.0. The highest BCUT2D eigenvalue weighted by Gasteiger charge is 2.21. The van der Waals surface area contributed by atoms with Crippen LogP contribution >= 0.6 is 0 Å². The molecule has 1 aromatic carbocycles. The number of aromatic nitrogens is 1. The van der Waals surface area contributed by atoms with Crippen molar-refractivity contribution in [3.63, 3.8) is 0 Å². The number of hydrogen-bond acceptors (Lipinski definition) is 2. The Morgan fingerprint density at radius 2 is 2.10 bits per heavy atom. The zero-order valence-corrected chi connectivity index (χ0v) is 12.8. The van der Waals surface area contributed by atoms with Crippen molar-refractivity contribution in [2.45, 2.75) is 19.9 Å². The predicted octanol–water partition coefficient (Wildman–Crippen LogP) is 2.59. The first-order chi connectivity index (χ1) is 10.1. The molecule has 110 valence electrons. The average Bonchev–Trinajstić information content (AvgIpc) is 3.06. The van der Waals surface area contributed by atoms with E-state index in [1.54, 1.807) is 19.0 Å². The number of carbonyl (C=O) groups excluding carboxylic acids is 1. The second-order valence-corrected chi connectivity index (χ2v) is 5.85. The summed E-state index contributed by atoms with van der Waals surface area (Å²) in [6.45, 7) is 4.02. The van der Waals surface area contributed by atoms with Gasteiger partial charge in [0.1, 0.15) is 5.69 Å². The van der Waals surface area contributed by atoms with Crippen molar-refractivity contribution in [1.29, 1.82) is 0 Å². The van der Waals surface area contributed by atoms with Crippen LogP contribution < -0.4 is 4.90 Å². The molecule has 4 nitrogen and oxygen atoms in total. The van der Waals surface area contributed by atoms with Gasteiger partial charge in [0.15, 0.2) is 0 Å². The second kappa shape index (κ2) is 5.28. The molecule has 0 atom stereocenters. The number of aryl methyl sites for hydroxylation is 1. The lowest BCUT2D eigenvalue weighted by Gasteiger charge is -2.20. The van der Waals surface area contributed by atoms with E-state index < -0.39 is 0 Å².